The minimum atomic E-state index is -1.62. The van der Waals surface area contributed by atoms with Crippen LogP contribution < -0.4 is 0 Å². The second kappa shape index (κ2) is 13.9. The Bertz CT molecular complexity index is 1210. The molecular weight excluding hydrogens is 520 g/mol. The maximum Gasteiger partial charge on any atom is 0.377 e. The molecule has 0 bridgehead atoms. The van der Waals surface area contributed by atoms with E-state index in [-0.39, 0.29) is 25.0 Å². The summed E-state index contributed by atoms with van der Waals surface area (Å²) in [6.45, 7) is 10.9. The van der Waals surface area contributed by atoms with Crippen LogP contribution in [0, 0.1) is 5.41 Å². The normalized spacial score (nSPS) is 22.8. The van der Waals surface area contributed by atoms with Crippen molar-refractivity contribution in [3.05, 3.63) is 70.3 Å². The molecule has 1 unspecified atom stereocenters. The number of ketones is 1. The van der Waals surface area contributed by atoms with Gasteiger partial charge in [-0.2, -0.15) is 0 Å². The van der Waals surface area contributed by atoms with Gasteiger partial charge in [-0.25, -0.2) is 4.79 Å². The Morgan fingerprint density at radius 1 is 1.10 bits per heavy atom. The summed E-state index contributed by atoms with van der Waals surface area (Å²) in [7, 11) is 0. The van der Waals surface area contributed by atoms with E-state index in [2.05, 4.69) is 4.74 Å². The number of carbonyl (C=O) groups excluding carboxylic acids is 4. The summed E-state index contributed by atoms with van der Waals surface area (Å²) in [5.74, 6) is -5.01. The van der Waals surface area contributed by atoms with Crippen molar-refractivity contribution >= 4 is 23.7 Å². The number of cyclic esters (lactones) is 1. The van der Waals surface area contributed by atoms with Crippen LogP contribution in [-0.4, -0.2) is 63.9 Å². The number of allylic oxidation sites excluding steroid dienone is 9. The molecule has 0 saturated carbocycles. The molecule has 218 valence electrons. The zero-order valence-electron chi connectivity index (χ0n) is 23.7. The fourth-order valence-corrected chi connectivity index (χ4v) is 4.20. The fraction of sp³-hybridized carbons (Fsp3) is 0.467. The minimum absolute atomic E-state index is 0.276. The average Bonchev–Trinajstić information content (AvgIpc) is 3.15. The van der Waals surface area contributed by atoms with Crippen LogP contribution in [-0.2, 0) is 33.4 Å². The second-order valence-corrected chi connectivity index (χ2v) is 10.4. The molecule has 3 atom stereocenters. The Labute approximate surface area is 234 Å². The van der Waals surface area contributed by atoms with Gasteiger partial charge < -0.3 is 29.5 Å². The maximum atomic E-state index is 13.0. The number of rotatable bonds is 11. The van der Waals surface area contributed by atoms with Gasteiger partial charge >= 0.3 is 17.9 Å². The molecule has 0 aromatic carbocycles. The van der Waals surface area contributed by atoms with Crippen LogP contribution in [0.3, 0.4) is 0 Å². The lowest BCUT2D eigenvalue weighted by Crippen LogP contribution is -2.39. The Hall–Kier alpha value is -3.92. The molecule has 0 saturated heterocycles. The molecule has 0 amide bonds. The molecule has 0 aromatic rings. The van der Waals surface area contributed by atoms with Crippen molar-refractivity contribution in [2.75, 3.05) is 6.61 Å². The monoisotopic (exact) mass is 558 g/mol. The molecule has 1 heterocycles. The van der Waals surface area contributed by atoms with Gasteiger partial charge in [-0.3, -0.25) is 14.4 Å². The summed E-state index contributed by atoms with van der Waals surface area (Å²) in [6, 6.07) is 0. The number of ether oxygens (including phenoxy) is 3. The molecule has 2 rings (SSSR count). The van der Waals surface area contributed by atoms with Crippen molar-refractivity contribution in [2.45, 2.75) is 79.1 Å². The molecule has 2 aliphatic rings. The molecule has 1 aliphatic heterocycles. The van der Waals surface area contributed by atoms with E-state index in [1.165, 1.54) is 0 Å². The van der Waals surface area contributed by atoms with E-state index in [0.717, 1.165) is 16.7 Å². The molecular formula is C30H38O10. The van der Waals surface area contributed by atoms with E-state index in [9.17, 15) is 34.5 Å². The molecule has 3 N–H and O–H groups in total. The summed E-state index contributed by atoms with van der Waals surface area (Å²) < 4.78 is 14.8. The first-order valence-electron chi connectivity index (χ1n) is 13.0. The van der Waals surface area contributed by atoms with Gasteiger partial charge in [-0.15, -0.1) is 0 Å². The molecule has 0 fully saturated rings. The first-order chi connectivity index (χ1) is 18.7. The lowest BCUT2D eigenvalue weighted by Gasteiger charge is -2.36. The SMILES string of the molecule is C/C=C(C)/C=C/C=C(C)/C=C/C1=C(C)C(=O)C(OC(=O)CCC(=O)OC[C@H](O)[C@H]2OC(=O)C(O)=C2O)CC1(C)C. The number of Topliss-reactive ketones (excluding diaryl/α,β-unsaturated/α-hetero) is 1. The van der Waals surface area contributed by atoms with Crippen LogP contribution in [0.4, 0.5) is 0 Å². The van der Waals surface area contributed by atoms with Gasteiger partial charge in [0.25, 0.3) is 0 Å². The van der Waals surface area contributed by atoms with E-state index in [0.29, 0.717) is 5.57 Å². The van der Waals surface area contributed by atoms with Gasteiger partial charge in [0.15, 0.2) is 23.8 Å². The van der Waals surface area contributed by atoms with Gasteiger partial charge in [0.1, 0.15) is 12.7 Å². The fourth-order valence-electron chi connectivity index (χ4n) is 4.20. The zero-order chi connectivity index (χ0) is 30.2. The predicted octanol–water partition coefficient (Wildman–Crippen LogP) is 4.18. The Kier molecular flexibility index (Phi) is 11.2. The van der Waals surface area contributed by atoms with Crippen molar-refractivity contribution in [3.63, 3.8) is 0 Å². The van der Waals surface area contributed by atoms with Crippen LogP contribution >= 0.6 is 0 Å². The van der Waals surface area contributed by atoms with Gasteiger partial charge in [0, 0.05) is 6.42 Å². The third-order valence-electron chi connectivity index (χ3n) is 6.69. The topological polar surface area (TPSA) is 157 Å². The third kappa shape index (κ3) is 8.54. The number of hydrogen-bond donors (Lipinski definition) is 3. The van der Waals surface area contributed by atoms with E-state index in [4.69, 9.17) is 9.47 Å². The Balaban J connectivity index is 1.91. The lowest BCUT2D eigenvalue weighted by molar-refractivity contribution is -0.160. The van der Waals surface area contributed by atoms with Crippen LogP contribution in [0.25, 0.3) is 0 Å². The van der Waals surface area contributed by atoms with Crippen molar-refractivity contribution in [1.82, 2.24) is 0 Å². The molecule has 0 aromatic heterocycles. The summed E-state index contributed by atoms with van der Waals surface area (Å²) >= 11 is 0. The van der Waals surface area contributed by atoms with Gasteiger partial charge in [-0.05, 0) is 44.3 Å². The predicted molar refractivity (Wildman–Crippen MR) is 146 cm³/mol. The third-order valence-corrected chi connectivity index (χ3v) is 6.69. The Morgan fingerprint density at radius 2 is 1.75 bits per heavy atom. The van der Waals surface area contributed by atoms with Gasteiger partial charge in [0.2, 0.25) is 5.76 Å². The number of aliphatic hydroxyl groups excluding tert-OH is 3. The van der Waals surface area contributed by atoms with Gasteiger partial charge in [-0.1, -0.05) is 61.4 Å². The van der Waals surface area contributed by atoms with E-state index in [1.54, 1.807) is 6.92 Å². The first kappa shape index (κ1) is 32.3. The summed E-state index contributed by atoms with van der Waals surface area (Å²) in [5.41, 5.74) is 3.06. The number of aliphatic hydroxyl groups is 3. The molecule has 10 heteroatoms. The zero-order valence-corrected chi connectivity index (χ0v) is 23.7. The van der Waals surface area contributed by atoms with Crippen LogP contribution in [0.15, 0.2) is 70.3 Å². The molecule has 40 heavy (non-hydrogen) atoms. The van der Waals surface area contributed by atoms with E-state index < -0.39 is 59.8 Å². The van der Waals surface area contributed by atoms with Gasteiger partial charge in [0.05, 0.1) is 12.8 Å². The highest BCUT2D eigenvalue weighted by atomic mass is 16.6. The molecule has 0 spiro atoms. The summed E-state index contributed by atoms with van der Waals surface area (Å²) in [5, 5.41) is 28.8. The number of carbonyl (C=O) groups is 4. The van der Waals surface area contributed by atoms with Crippen molar-refractivity contribution in [1.29, 1.82) is 0 Å². The van der Waals surface area contributed by atoms with Crippen molar-refractivity contribution < 1.29 is 48.7 Å². The van der Waals surface area contributed by atoms with E-state index in [1.807, 2.05) is 71.1 Å². The van der Waals surface area contributed by atoms with Crippen molar-refractivity contribution in [3.8, 4) is 0 Å². The highest BCUT2D eigenvalue weighted by Gasteiger charge is 2.41. The molecule has 0 radical (unpaired) electrons. The summed E-state index contributed by atoms with van der Waals surface area (Å²) in [6.07, 6.45) is 7.17. The highest BCUT2D eigenvalue weighted by Crippen LogP contribution is 2.40. The maximum absolute atomic E-state index is 13.0. The molecule has 1 aliphatic carbocycles. The smallest absolute Gasteiger partial charge is 0.377 e. The summed E-state index contributed by atoms with van der Waals surface area (Å²) in [4.78, 5) is 48.6. The molecule has 10 nitrogen and oxygen atoms in total. The van der Waals surface area contributed by atoms with Crippen LogP contribution in [0.1, 0.15) is 60.8 Å². The average molecular weight is 559 g/mol. The van der Waals surface area contributed by atoms with Crippen LogP contribution in [0.5, 0.6) is 0 Å². The van der Waals surface area contributed by atoms with Crippen LogP contribution in [0.2, 0.25) is 0 Å². The lowest BCUT2D eigenvalue weighted by atomic mass is 9.71. The second-order valence-electron chi connectivity index (χ2n) is 10.4. The number of hydrogen-bond acceptors (Lipinski definition) is 10. The minimum Gasteiger partial charge on any atom is -0.505 e. The largest absolute Gasteiger partial charge is 0.505 e. The highest BCUT2D eigenvalue weighted by molar-refractivity contribution is 6.01. The Morgan fingerprint density at radius 3 is 2.35 bits per heavy atom. The first-order valence-corrected chi connectivity index (χ1v) is 13.0. The quantitative estimate of drug-likeness (QED) is 0.191. The number of esters is 3. The van der Waals surface area contributed by atoms with Crippen molar-refractivity contribution in [2.24, 2.45) is 5.41 Å². The standard InChI is InChI=1S/C30H38O10/c1-7-17(2)9-8-10-18(3)11-12-20-19(4)25(34)22(15-30(20,5)6)39-24(33)14-13-23(32)38-16-21(31)28-26(35)27(36)29(37)40-28/h7-12,21-22,28,31,35-36H,13-16H2,1-6H3/b9-8+,12-11+,17-7+,18-10+/t21-,22?,28+/m0/s1. The van der Waals surface area contributed by atoms with E-state index >= 15 is 0 Å².